The summed E-state index contributed by atoms with van der Waals surface area (Å²) < 4.78 is 7.28. The Morgan fingerprint density at radius 3 is 2.35 bits per heavy atom. The fourth-order valence-electron chi connectivity index (χ4n) is 3.85. The molecule has 0 aliphatic rings. The van der Waals surface area contributed by atoms with Crippen molar-refractivity contribution >= 4 is 34.5 Å². The van der Waals surface area contributed by atoms with E-state index in [2.05, 4.69) is 4.57 Å². The average molecular weight is 465 g/mol. The molecular weight excluding hydrogens is 444 g/mol. The van der Waals surface area contributed by atoms with Crippen molar-refractivity contribution in [1.29, 1.82) is 0 Å². The molecule has 5 rings (SSSR count). The largest absolute Gasteiger partial charge is 0.497 e. The third-order valence-electron chi connectivity index (χ3n) is 5.60. The number of benzene rings is 4. The second-order valence-electron chi connectivity index (χ2n) is 7.79. The van der Waals surface area contributed by atoms with Crippen molar-refractivity contribution in [3.05, 3.63) is 119 Å². The van der Waals surface area contributed by atoms with Crippen LogP contribution in [0.3, 0.4) is 0 Å². The van der Waals surface area contributed by atoms with Gasteiger partial charge >= 0.3 is 0 Å². The van der Waals surface area contributed by atoms with E-state index in [9.17, 15) is 4.79 Å². The van der Waals surface area contributed by atoms with Crippen molar-refractivity contribution in [2.75, 3.05) is 7.11 Å². The number of carbonyl (C=O) groups is 1. The molecule has 0 radical (unpaired) electrons. The molecule has 0 atom stereocenters. The third kappa shape index (κ3) is 4.36. The molecule has 0 bridgehead atoms. The van der Waals surface area contributed by atoms with Gasteiger partial charge in [-0.25, -0.2) is 4.98 Å². The number of aromatic nitrogens is 2. The molecule has 1 aromatic heterocycles. The van der Waals surface area contributed by atoms with Crippen molar-refractivity contribution in [3.8, 4) is 22.8 Å². The van der Waals surface area contributed by atoms with Crippen molar-refractivity contribution in [1.82, 2.24) is 9.55 Å². The number of ether oxygens (including phenoxy) is 1. The van der Waals surface area contributed by atoms with E-state index < -0.39 is 0 Å². The van der Waals surface area contributed by atoms with Crippen LogP contribution in [0.2, 0.25) is 5.02 Å². The van der Waals surface area contributed by atoms with Gasteiger partial charge in [-0.2, -0.15) is 0 Å². The number of hydrogen-bond donors (Lipinski definition) is 0. The molecule has 0 spiro atoms. The summed E-state index contributed by atoms with van der Waals surface area (Å²) in [5.74, 6) is 1.48. The van der Waals surface area contributed by atoms with E-state index in [1.807, 2.05) is 97.1 Å². The molecule has 4 aromatic carbocycles. The number of allylic oxidation sites excluding steroid dienone is 1. The van der Waals surface area contributed by atoms with Crippen LogP contribution < -0.4 is 4.74 Å². The molecule has 34 heavy (non-hydrogen) atoms. The first-order valence-electron chi connectivity index (χ1n) is 10.8. The third-order valence-corrected chi connectivity index (χ3v) is 5.85. The molecule has 0 aliphatic heterocycles. The first-order valence-corrected chi connectivity index (χ1v) is 11.2. The number of hydrogen-bond acceptors (Lipinski definition) is 3. The lowest BCUT2D eigenvalue weighted by Gasteiger charge is -2.09. The first-order chi connectivity index (χ1) is 16.6. The molecule has 1 heterocycles. The summed E-state index contributed by atoms with van der Waals surface area (Å²) in [4.78, 5) is 17.8. The molecule has 0 unspecified atom stereocenters. The van der Waals surface area contributed by atoms with Gasteiger partial charge in [0.15, 0.2) is 5.78 Å². The van der Waals surface area contributed by atoms with Crippen LogP contribution in [0, 0.1) is 0 Å². The van der Waals surface area contributed by atoms with Crippen LogP contribution in [0.1, 0.15) is 15.9 Å². The van der Waals surface area contributed by atoms with E-state index in [4.69, 9.17) is 21.3 Å². The average Bonchev–Trinajstić information content (AvgIpc) is 3.27. The molecule has 166 valence electrons. The van der Waals surface area contributed by atoms with Gasteiger partial charge in [-0.05, 0) is 78.4 Å². The Bertz CT molecular complexity index is 1490. The Labute approximate surface area is 202 Å². The summed E-state index contributed by atoms with van der Waals surface area (Å²) in [6.45, 7) is 0. The monoisotopic (exact) mass is 464 g/mol. The number of halogens is 1. The Kier molecular flexibility index (Phi) is 5.98. The van der Waals surface area contributed by atoms with Gasteiger partial charge in [0.05, 0.1) is 18.1 Å². The number of fused-ring (bicyclic) bond motifs is 1. The van der Waals surface area contributed by atoms with Gasteiger partial charge in [-0.1, -0.05) is 48.0 Å². The van der Waals surface area contributed by atoms with Gasteiger partial charge in [0.1, 0.15) is 11.6 Å². The van der Waals surface area contributed by atoms with Crippen LogP contribution in [-0.4, -0.2) is 22.4 Å². The highest BCUT2D eigenvalue weighted by molar-refractivity contribution is 6.30. The fraction of sp³-hybridized carbons (Fsp3) is 0.0345. The summed E-state index contributed by atoms with van der Waals surface area (Å²) in [6.07, 6.45) is 3.38. The predicted octanol–water partition coefficient (Wildman–Crippen LogP) is 7.25. The fourth-order valence-corrected chi connectivity index (χ4v) is 3.97. The smallest absolute Gasteiger partial charge is 0.185 e. The zero-order valence-corrected chi connectivity index (χ0v) is 19.2. The van der Waals surface area contributed by atoms with Crippen LogP contribution in [0.4, 0.5) is 0 Å². The summed E-state index contributed by atoms with van der Waals surface area (Å²) in [5, 5.41) is 0.669. The van der Waals surface area contributed by atoms with Gasteiger partial charge in [0.25, 0.3) is 0 Å². The number of imidazole rings is 1. The lowest BCUT2D eigenvalue weighted by molar-refractivity contribution is 0.104. The van der Waals surface area contributed by atoms with Crippen LogP contribution in [0.15, 0.2) is 103 Å². The summed E-state index contributed by atoms with van der Waals surface area (Å²) in [5.41, 5.74) is 5.11. The molecule has 5 aromatic rings. The Balaban J connectivity index is 1.54. The molecule has 5 heteroatoms. The quantitative estimate of drug-likeness (QED) is 0.196. The molecular formula is C29H21ClN2O2. The molecule has 0 saturated carbocycles. The molecule has 0 N–H and O–H groups in total. The molecule has 4 nitrogen and oxygen atoms in total. The van der Waals surface area contributed by atoms with Crippen molar-refractivity contribution in [2.24, 2.45) is 0 Å². The zero-order chi connectivity index (χ0) is 23.5. The van der Waals surface area contributed by atoms with Crippen LogP contribution in [0.25, 0.3) is 34.2 Å². The molecule has 0 fully saturated rings. The number of para-hydroxylation sites is 1. The maximum absolute atomic E-state index is 12.9. The Morgan fingerprint density at radius 2 is 1.65 bits per heavy atom. The molecule has 0 aliphatic carbocycles. The van der Waals surface area contributed by atoms with Crippen LogP contribution >= 0.6 is 11.6 Å². The topological polar surface area (TPSA) is 44.1 Å². The normalized spacial score (nSPS) is 11.2. The minimum Gasteiger partial charge on any atom is -0.497 e. The minimum absolute atomic E-state index is 0.0833. The first kappa shape index (κ1) is 21.7. The maximum atomic E-state index is 12.9. The van der Waals surface area contributed by atoms with Crippen molar-refractivity contribution in [3.63, 3.8) is 0 Å². The van der Waals surface area contributed by atoms with Crippen LogP contribution in [-0.2, 0) is 0 Å². The zero-order valence-electron chi connectivity index (χ0n) is 18.5. The molecule has 0 saturated heterocycles. The standard InChI is InChI=1S/C29H21ClN2O2/c1-34-25-15-7-20(8-16-25)9-18-28(33)22-12-17-27-26(19-22)31-29(21-10-13-23(30)14-11-21)32(27)24-5-3-2-4-6-24/h2-19H,1H3/b18-9+. The van der Waals surface area contributed by atoms with E-state index in [1.165, 1.54) is 0 Å². The highest BCUT2D eigenvalue weighted by atomic mass is 35.5. The van der Waals surface area contributed by atoms with E-state index in [0.29, 0.717) is 10.6 Å². The summed E-state index contributed by atoms with van der Waals surface area (Å²) in [7, 11) is 1.63. The maximum Gasteiger partial charge on any atom is 0.185 e. The number of carbonyl (C=O) groups excluding carboxylic acids is 1. The predicted molar refractivity (Wildman–Crippen MR) is 138 cm³/mol. The van der Waals surface area contributed by atoms with Gasteiger partial charge in [-0.15, -0.1) is 0 Å². The number of nitrogens with zero attached hydrogens (tertiary/aromatic N) is 2. The van der Waals surface area contributed by atoms with Crippen molar-refractivity contribution in [2.45, 2.75) is 0 Å². The van der Waals surface area contributed by atoms with Gasteiger partial charge in [0.2, 0.25) is 0 Å². The summed E-state index contributed by atoms with van der Waals surface area (Å²) in [6, 6.07) is 30.8. The Hall–Kier alpha value is -4.15. The summed E-state index contributed by atoms with van der Waals surface area (Å²) >= 11 is 6.10. The van der Waals surface area contributed by atoms with E-state index in [-0.39, 0.29) is 5.78 Å². The minimum atomic E-state index is -0.0833. The number of methoxy groups -OCH3 is 1. The number of rotatable bonds is 6. The highest BCUT2D eigenvalue weighted by Crippen LogP contribution is 2.30. The highest BCUT2D eigenvalue weighted by Gasteiger charge is 2.16. The molecule has 0 amide bonds. The van der Waals surface area contributed by atoms with Gasteiger partial charge < -0.3 is 4.74 Å². The SMILES string of the molecule is COc1ccc(/C=C/C(=O)c2ccc3c(c2)nc(-c2ccc(Cl)cc2)n3-c2ccccc2)cc1. The van der Waals surface area contributed by atoms with Gasteiger partial charge in [-0.3, -0.25) is 9.36 Å². The lowest BCUT2D eigenvalue weighted by atomic mass is 10.1. The van der Waals surface area contributed by atoms with Crippen LogP contribution in [0.5, 0.6) is 5.75 Å². The van der Waals surface area contributed by atoms with E-state index in [1.54, 1.807) is 19.3 Å². The lowest BCUT2D eigenvalue weighted by Crippen LogP contribution is -1.98. The number of ketones is 1. The van der Waals surface area contributed by atoms with Gasteiger partial charge in [0, 0.05) is 21.8 Å². The second kappa shape index (κ2) is 9.38. The van der Waals surface area contributed by atoms with Crippen molar-refractivity contribution < 1.29 is 9.53 Å². The van der Waals surface area contributed by atoms with E-state index >= 15 is 0 Å². The Morgan fingerprint density at radius 1 is 0.912 bits per heavy atom. The second-order valence-corrected chi connectivity index (χ2v) is 8.22. The van der Waals surface area contributed by atoms with E-state index in [0.717, 1.165) is 39.4 Å².